The zero-order chi connectivity index (χ0) is 15.4. The Kier molecular flexibility index (Phi) is 4.20. The molecular formula is C18H20N2O2. The van der Waals surface area contributed by atoms with Gasteiger partial charge in [0, 0.05) is 30.9 Å². The Bertz CT molecular complexity index is 630. The number of aromatic nitrogens is 1. The summed E-state index contributed by atoms with van der Waals surface area (Å²) in [5.41, 5.74) is 1.34. The van der Waals surface area contributed by atoms with Crippen molar-refractivity contribution in [3.8, 4) is 0 Å². The fourth-order valence-electron chi connectivity index (χ4n) is 3.22. The number of amides is 1. The monoisotopic (exact) mass is 296 g/mol. The highest BCUT2D eigenvalue weighted by Crippen LogP contribution is 2.34. The van der Waals surface area contributed by atoms with Gasteiger partial charge in [0.25, 0.3) is 5.91 Å². The zero-order valence-electron chi connectivity index (χ0n) is 12.5. The molecule has 1 N–H and O–H groups in total. The third-order valence-electron chi connectivity index (χ3n) is 4.46. The quantitative estimate of drug-likeness (QED) is 0.945. The Morgan fingerprint density at radius 1 is 1.23 bits per heavy atom. The molecule has 22 heavy (non-hydrogen) atoms. The Morgan fingerprint density at radius 2 is 2.05 bits per heavy atom. The van der Waals surface area contributed by atoms with E-state index in [4.69, 9.17) is 0 Å². The van der Waals surface area contributed by atoms with Crippen LogP contribution < -0.4 is 0 Å². The number of aliphatic hydroxyl groups is 1. The van der Waals surface area contributed by atoms with E-state index in [1.807, 2.05) is 35.2 Å². The molecule has 4 heteroatoms. The van der Waals surface area contributed by atoms with Crippen molar-refractivity contribution < 1.29 is 9.90 Å². The third kappa shape index (κ3) is 2.74. The van der Waals surface area contributed by atoms with Crippen LogP contribution in [0.4, 0.5) is 0 Å². The molecule has 2 heterocycles. The maximum absolute atomic E-state index is 12.6. The second-order valence-corrected chi connectivity index (χ2v) is 5.88. The number of hydrogen-bond acceptors (Lipinski definition) is 3. The van der Waals surface area contributed by atoms with Crippen LogP contribution in [0.3, 0.4) is 0 Å². The predicted octanol–water partition coefficient (Wildman–Crippen LogP) is 2.25. The summed E-state index contributed by atoms with van der Waals surface area (Å²) in [4.78, 5) is 18.5. The smallest absolute Gasteiger partial charge is 0.255 e. The van der Waals surface area contributed by atoms with E-state index in [9.17, 15) is 9.90 Å². The molecule has 1 fully saturated rings. The second-order valence-electron chi connectivity index (χ2n) is 5.88. The lowest BCUT2D eigenvalue weighted by atomic mass is 9.74. The number of rotatable bonds is 3. The summed E-state index contributed by atoms with van der Waals surface area (Å²) in [6, 6.07) is 13.6. The van der Waals surface area contributed by atoms with Crippen LogP contribution >= 0.6 is 0 Å². The fraction of sp³-hybridized carbons (Fsp3) is 0.333. The van der Waals surface area contributed by atoms with E-state index in [2.05, 4.69) is 4.98 Å². The summed E-state index contributed by atoms with van der Waals surface area (Å²) in [5, 5.41) is 10.0. The van der Waals surface area contributed by atoms with E-state index < -0.39 is 0 Å². The number of likely N-dealkylation sites (tertiary alicyclic amines) is 1. The van der Waals surface area contributed by atoms with Gasteiger partial charge in [-0.3, -0.25) is 9.78 Å². The van der Waals surface area contributed by atoms with Gasteiger partial charge in [-0.25, -0.2) is 0 Å². The van der Waals surface area contributed by atoms with Crippen molar-refractivity contribution in [3.63, 3.8) is 0 Å². The molecule has 1 aliphatic rings. The summed E-state index contributed by atoms with van der Waals surface area (Å²) < 4.78 is 0. The first-order chi connectivity index (χ1) is 10.7. The second kappa shape index (κ2) is 6.28. The van der Waals surface area contributed by atoms with Crippen LogP contribution in [0.2, 0.25) is 0 Å². The number of aliphatic hydroxyl groups excluding tert-OH is 1. The Labute approximate surface area is 130 Å². The first-order valence-electron chi connectivity index (χ1n) is 7.61. The molecule has 1 saturated heterocycles. The predicted molar refractivity (Wildman–Crippen MR) is 84.6 cm³/mol. The Hall–Kier alpha value is -2.20. The van der Waals surface area contributed by atoms with Crippen LogP contribution in [-0.2, 0) is 5.41 Å². The average Bonchev–Trinajstić information content (AvgIpc) is 2.62. The van der Waals surface area contributed by atoms with Gasteiger partial charge in [-0.15, -0.1) is 0 Å². The maximum atomic E-state index is 12.6. The molecule has 1 aromatic heterocycles. The van der Waals surface area contributed by atoms with Crippen LogP contribution in [0.25, 0.3) is 0 Å². The van der Waals surface area contributed by atoms with E-state index in [1.54, 1.807) is 24.5 Å². The van der Waals surface area contributed by atoms with Gasteiger partial charge in [0.05, 0.1) is 12.2 Å². The first-order valence-corrected chi connectivity index (χ1v) is 7.61. The number of piperidine rings is 1. The highest BCUT2D eigenvalue weighted by Gasteiger charge is 2.38. The van der Waals surface area contributed by atoms with Crippen molar-refractivity contribution in [2.24, 2.45) is 0 Å². The molecule has 0 aliphatic carbocycles. The van der Waals surface area contributed by atoms with Gasteiger partial charge in [0.15, 0.2) is 0 Å². The minimum absolute atomic E-state index is 0.0124. The van der Waals surface area contributed by atoms with Crippen molar-refractivity contribution in [2.75, 3.05) is 19.7 Å². The van der Waals surface area contributed by atoms with Gasteiger partial charge in [0.2, 0.25) is 0 Å². The summed E-state index contributed by atoms with van der Waals surface area (Å²) in [5.74, 6) is -0.0124. The fourth-order valence-corrected chi connectivity index (χ4v) is 3.22. The minimum atomic E-state index is -0.364. The van der Waals surface area contributed by atoms with E-state index in [0.717, 1.165) is 24.9 Å². The van der Waals surface area contributed by atoms with Crippen LogP contribution in [0, 0.1) is 0 Å². The van der Waals surface area contributed by atoms with Crippen molar-refractivity contribution in [1.29, 1.82) is 0 Å². The van der Waals surface area contributed by atoms with Gasteiger partial charge in [-0.05, 0) is 30.5 Å². The lowest BCUT2D eigenvalue weighted by Crippen LogP contribution is -2.50. The Morgan fingerprint density at radius 3 is 2.73 bits per heavy atom. The molecule has 1 amide bonds. The summed E-state index contributed by atoms with van der Waals surface area (Å²) in [7, 11) is 0. The lowest BCUT2D eigenvalue weighted by Gasteiger charge is -2.42. The molecule has 2 aromatic rings. The number of hydrogen-bond donors (Lipinski definition) is 1. The summed E-state index contributed by atoms with van der Waals surface area (Å²) >= 11 is 0. The average molecular weight is 296 g/mol. The molecule has 4 nitrogen and oxygen atoms in total. The largest absolute Gasteiger partial charge is 0.395 e. The molecule has 0 saturated carbocycles. The maximum Gasteiger partial charge on any atom is 0.255 e. The first kappa shape index (κ1) is 14.7. The SMILES string of the molecule is O=C(c1cccnc1)N1CCC[C@@](CO)(c2ccccc2)C1. The van der Waals surface area contributed by atoms with E-state index in [0.29, 0.717) is 12.1 Å². The summed E-state index contributed by atoms with van der Waals surface area (Å²) in [6.07, 6.45) is 5.04. The molecule has 0 unspecified atom stereocenters. The van der Waals surface area contributed by atoms with Gasteiger partial charge >= 0.3 is 0 Å². The number of carbonyl (C=O) groups is 1. The van der Waals surface area contributed by atoms with Gasteiger partial charge in [0.1, 0.15) is 0 Å². The standard InChI is InChI=1S/C18H20N2O2/c21-14-18(16-7-2-1-3-8-16)9-5-11-20(13-18)17(22)15-6-4-10-19-12-15/h1-4,6-8,10,12,21H,5,9,11,13-14H2/t18-/m1/s1. The molecule has 114 valence electrons. The third-order valence-corrected chi connectivity index (χ3v) is 4.46. The van der Waals surface area contributed by atoms with Crippen LogP contribution in [0.15, 0.2) is 54.9 Å². The highest BCUT2D eigenvalue weighted by molar-refractivity contribution is 5.94. The normalized spacial score (nSPS) is 21.6. The van der Waals surface area contributed by atoms with E-state index >= 15 is 0 Å². The topological polar surface area (TPSA) is 53.4 Å². The molecule has 0 spiro atoms. The molecule has 0 bridgehead atoms. The number of pyridine rings is 1. The lowest BCUT2D eigenvalue weighted by molar-refractivity contribution is 0.0543. The van der Waals surface area contributed by atoms with Gasteiger partial charge < -0.3 is 10.0 Å². The number of benzene rings is 1. The van der Waals surface area contributed by atoms with E-state index in [1.165, 1.54) is 0 Å². The van der Waals surface area contributed by atoms with Crippen molar-refractivity contribution in [1.82, 2.24) is 9.88 Å². The van der Waals surface area contributed by atoms with Crippen LogP contribution in [0.5, 0.6) is 0 Å². The zero-order valence-corrected chi connectivity index (χ0v) is 12.5. The number of carbonyl (C=O) groups excluding carboxylic acids is 1. The van der Waals surface area contributed by atoms with Crippen LogP contribution in [0.1, 0.15) is 28.8 Å². The van der Waals surface area contributed by atoms with Crippen molar-refractivity contribution >= 4 is 5.91 Å². The van der Waals surface area contributed by atoms with Gasteiger partial charge in [-0.2, -0.15) is 0 Å². The van der Waals surface area contributed by atoms with Crippen LogP contribution in [-0.4, -0.2) is 40.6 Å². The molecule has 1 aliphatic heterocycles. The Balaban J connectivity index is 1.86. The molecule has 1 atom stereocenters. The molecule has 0 radical (unpaired) electrons. The van der Waals surface area contributed by atoms with E-state index in [-0.39, 0.29) is 17.9 Å². The summed E-state index contributed by atoms with van der Waals surface area (Å²) in [6.45, 7) is 1.32. The minimum Gasteiger partial charge on any atom is -0.395 e. The molecule has 3 rings (SSSR count). The molecule has 1 aromatic carbocycles. The van der Waals surface area contributed by atoms with Crippen molar-refractivity contribution in [3.05, 3.63) is 66.0 Å². The van der Waals surface area contributed by atoms with Gasteiger partial charge in [-0.1, -0.05) is 30.3 Å². The number of nitrogens with zero attached hydrogens (tertiary/aromatic N) is 2. The highest BCUT2D eigenvalue weighted by atomic mass is 16.3. The van der Waals surface area contributed by atoms with Crippen molar-refractivity contribution in [2.45, 2.75) is 18.3 Å². The molecular weight excluding hydrogens is 276 g/mol.